The Bertz CT molecular complexity index is 727. The summed E-state index contributed by atoms with van der Waals surface area (Å²) in [6.07, 6.45) is -1.49. The Labute approximate surface area is 132 Å². The lowest BCUT2D eigenvalue weighted by Gasteiger charge is -2.14. The van der Waals surface area contributed by atoms with Gasteiger partial charge in [-0.15, -0.1) is 0 Å². The van der Waals surface area contributed by atoms with E-state index in [1.54, 1.807) is 13.8 Å². The van der Waals surface area contributed by atoms with Crippen molar-refractivity contribution in [1.29, 1.82) is 0 Å². The van der Waals surface area contributed by atoms with Crippen molar-refractivity contribution in [3.63, 3.8) is 0 Å². The van der Waals surface area contributed by atoms with Gasteiger partial charge in [0.2, 0.25) is 0 Å². The molecule has 1 unspecified atom stereocenters. The Hall–Kier alpha value is -1.75. The molecule has 0 spiro atoms. The van der Waals surface area contributed by atoms with Crippen LogP contribution in [-0.2, 0) is 9.53 Å². The van der Waals surface area contributed by atoms with Crippen LogP contribution in [0.1, 0.15) is 34.8 Å². The number of carbonyl (C=O) groups is 2. The number of fused-ring (bicyclic) bond motifs is 1. The van der Waals surface area contributed by atoms with Crippen molar-refractivity contribution in [2.75, 3.05) is 6.61 Å². The summed E-state index contributed by atoms with van der Waals surface area (Å²) >= 11 is 1.88. The molecule has 112 valence electrons. The quantitative estimate of drug-likeness (QED) is 0.442. The zero-order valence-electron chi connectivity index (χ0n) is 11.2. The Kier molecular flexibility index (Phi) is 4.42. The van der Waals surface area contributed by atoms with Crippen LogP contribution in [0, 0.1) is 10.6 Å². The predicted octanol–water partition coefficient (Wildman–Crippen LogP) is 0.937. The van der Waals surface area contributed by atoms with Crippen molar-refractivity contribution in [1.82, 2.24) is 14.6 Å². The van der Waals surface area contributed by atoms with Gasteiger partial charge in [0.25, 0.3) is 0 Å². The van der Waals surface area contributed by atoms with Gasteiger partial charge in [0.15, 0.2) is 17.4 Å². The number of carboxylic acid groups (broad SMARTS) is 1. The number of aromatic carboxylic acids is 1. The zero-order chi connectivity index (χ0) is 15.7. The summed E-state index contributed by atoms with van der Waals surface area (Å²) in [7, 11) is 0. The van der Waals surface area contributed by atoms with E-state index < -0.39 is 18.0 Å². The predicted molar refractivity (Wildman–Crippen MR) is 79.0 cm³/mol. The number of hydrogen-bond donors (Lipinski definition) is 2. The van der Waals surface area contributed by atoms with Crippen molar-refractivity contribution in [3.05, 3.63) is 26.7 Å². The molecular weight excluding hydrogens is 393 g/mol. The molecule has 2 heterocycles. The van der Waals surface area contributed by atoms with Gasteiger partial charge in [-0.1, -0.05) is 0 Å². The summed E-state index contributed by atoms with van der Waals surface area (Å²) in [6, 6.07) is 1.32. The van der Waals surface area contributed by atoms with Crippen LogP contribution >= 0.6 is 22.6 Å². The molecule has 1 atom stereocenters. The minimum Gasteiger partial charge on any atom is -0.476 e. The minimum atomic E-state index is -1.49. The van der Waals surface area contributed by atoms with E-state index in [1.807, 2.05) is 22.6 Å². The number of nitrogens with zero attached hydrogens (tertiary/aromatic N) is 3. The molecule has 2 aromatic heterocycles. The maximum atomic E-state index is 11.7. The molecular formula is C12H12IN3O5. The highest BCUT2D eigenvalue weighted by Gasteiger charge is 2.26. The van der Waals surface area contributed by atoms with Crippen molar-refractivity contribution < 1.29 is 24.5 Å². The normalized spacial score (nSPS) is 12.4. The molecule has 0 aromatic carbocycles. The molecule has 0 aliphatic rings. The van der Waals surface area contributed by atoms with Gasteiger partial charge in [-0.3, -0.25) is 0 Å². The van der Waals surface area contributed by atoms with Gasteiger partial charge in [0.05, 0.1) is 6.61 Å². The number of aromatic nitrogens is 3. The molecule has 0 aliphatic carbocycles. The number of halogens is 1. The fraction of sp³-hybridized carbons (Fsp3) is 0.333. The number of rotatable bonds is 4. The van der Waals surface area contributed by atoms with Gasteiger partial charge in [-0.2, -0.15) is 5.10 Å². The molecule has 0 saturated carbocycles. The Morgan fingerprint density at radius 1 is 1.52 bits per heavy atom. The maximum Gasteiger partial charge on any atom is 0.356 e. The third kappa shape index (κ3) is 2.83. The zero-order valence-corrected chi connectivity index (χ0v) is 13.4. The van der Waals surface area contributed by atoms with E-state index in [4.69, 9.17) is 9.84 Å². The standard InChI is InChI=1S/C12H12IN3O5/c1-3-21-12(20)9(17)8-5(2)14-7-4-6(11(18)19)15-16(7)10(8)13/h4,9,17H,3H2,1-2H3,(H,18,19). The smallest absolute Gasteiger partial charge is 0.356 e. The maximum absolute atomic E-state index is 11.7. The van der Waals surface area contributed by atoms with Crippen LogP contribution in [0.3, 0.4) is 0 Å². The fourth-order valence-corrected chi connectivity index (χ4v) is 2.89. The monoisotopic (exact) mass is 405 g/mol. The first kappa shape index (κ1) is 15.6. The Morgan fingerprint density at radius 2 is 2.19 bits per heavy atom. The molecule has 0 fully saturated rings. The van der Waals surface area contributed by atoms with Crippen molar-refractivity contribution in [3.8, 4) is 0 Å². The topological polar surface area (TPSA) is 114 Å². The molecule has 2 aromatic rings. The number of aliphatic hydroxyl groups is 1. The second kappa shape index (κ2) is 5.93. The third-order valence-corrected chi connectivity index (χ3v) is 3.81. The van der Waals surface area contributed by atoms with E-state index in [-0.39, 0.29) is 17.9 Å². The van der Waals surface area contributed by atoms with E-state index in [1.165, 1.54) is 10.6 Å². The highest BCUT2D eigenvalue weighted by Crippen LogP contribution is 2.25. The van der Waals surface area contributed by atoms with Crippen LogP contribution in [0.2, 0.25) is 0 Å². The van der Waals surface area contributed by atoms with Crippen LogP contribution in [0.5, 0.6) is 0 Å². The average molecular weight is 405 g/mol. The van der Waals surface area contributed by atoms with E-state index >= 15 is 0 Å². The summed E-state index contributed by atoms with van der Waals surface area (Å²) in [5, 5.41) is 22.9. The van der Waals surface area contributed by atoms with Gasteiger partial charge in [-0.25, -0.2) is 19.1 Å². The minimum absolute atomic E-state index is 0.145. The first-order valence-electron chi connectivity index (χ1n) is 6.00. The Morgan fingerprint density at radius 3 is 2.76 bits per heavy atom. The van der Waals surface area contributed by atoms with Gasteiger partial charge < -0.3 is 14.9 Å². The third-order valence-electron chi connectivity index (χ3n) is 2.77. The lowest BCUT2D eigenvalue weighted by molar-refractivity contribution is -0.153. The Balaban J connectivity index is 2.59. The lowest BCUT2D eigenvalue weighted by Crippen LogP contribution is -2.20. The van der Waals surface area contributed by atoms with Crippen LogP contribution in [-0.4, -0.2) is 43.4 Å². The number of esters is 1. The summed E-state index contributed by atoms with van der Waals surface area (Å²) in [6.45, 7) is 3.40. The summed E-state index contributed by atoms with van der Waals surface area (Å²) < 4.78 is 6.46. The molecule has 0 bridgehead atoms. The van der Waals surface area contributed by atoms with E-state index in [2.05, 4.69) is 10.1 Å². The number of carboxylic acids is 1. The van der Waals surface area contributed by atoms with Gasteiger partial charge in [-0.05, 0) is 36.4 Å². The first-order chi connectivity index (χ1) is 9.86. The molecule has 0 aliphatic heterocycles. The second-order valence-electron chi connectivity index (χ2n) is 4.16. The van der Waals surface area contributed by atoms with Gasteiger partial charge >= 0.3 is 11.9 Å². The molecule has 0 saturated heterocycles. The molecule has 0 radical (unpaired) electrons. The van der Waals surface area contributed by atoms with Gasteiger partial charge in [0, 0.05) is 17.3 Å². The average Bonchev–Trinajstić information content (AvgIpc) is 2.83. The summed E-state index contributed by atoms with van der Waals surface area (Å²) in [4.78, 5) is 26.8. The number of hydrogen-bond acceptors (Lipinski definition) is 6. The van der Waals surface area contributed by atoms with Crippen LogP contribution in [0.15, 0.2) is 6.07 Å². The van der Waals surface area contributed by atoms with Crippen molar-refractivity contribution in [2.45, 2.75) is 20.0 Å². The van der Waals surface area contributed by atoms with E-state index in [9.17, 15) is 14.7 Å². The number of aliphatic hydroxyl groups excluding tert-OH is 1. The largest absolute Gasteiger partial charge is 0.476 e. The highest BCUT2D eigenvalue weighted by molar-refractivity contribution is 14.1. The number of carbonyl (C=O) groups excluding carboxylic acids is 1. The van der Waals surface area contributed by atoms with Crippen molar-refractivity contribution in [2.24, 2.45) is 0 Å². The molecule has 2 rings (SSSR count). The van der Waals surface area contributed by atoms with Crippen LogP contribution in [0.25, 0.3) is 5.65 Å². The number of ether oxygens (including phenoxy) is 1. The molecule has 2 N–H and O–H groups in total. The van der Waals surface area contributed by atoms with Crippen LogP contribution in [0.4, 0.5) is 0 Å². The highest BCUT2D eigenvalue weighted by atomic mass is 127. The first-order valence-corrected chi connectivity index (χ1v) is 7.08. The summed E-state index contributed by atoms with van der Waals surface area (Å²) in [5.41, 5.74) is 0.822. The number of aryl methyl sites for hydroxylation is 1. The molecule has 8 nitrogen and oxygen atoms in total. The SMILES string of the molecule is CCOC(=O)C(O)c1c(C)nc2cc(C(=O)O)nn2c1I. The van der Waals surface area contributed by atoms with Gasteiger partial charge in [0.1, 0.15) is 3.70 Å². The van der Waals surface area contributed by atoms with Crippen LogP contribution < -0.4 is 0 Å². The summed E-state index contributed by atoms with van der Waals surface area (Å²) in [5.74, 6) is -1.97. The molecule has 21 heavy (non-hydrogen) atoms. The molecule has 0 amide bonds. The second-order valence-corrected chi connectivity index (χ2v) is 5.18. The van der Waals surface area contributed by atoms with E-state index in [0.29, 0.717) is 15.0 Å². The molecule has 9 heteroatoms. The van der Waals surface area contributed by atoms with E-state index in [0.717, 1.165) is 0 Å². The lowest BCUT2D eigenvalue weighted by atomic mass is 10.1. The van der Waals surface area contributed by atoms with Crippen molar-refractivity contribution >= 4 is 40.2 Å². The fourth-order valence-electron chi connectivity index (χ4n) is 1.85.